The molecule has 42 valence electrons. The van der Waals surface area contributed by atoms with Crippen LogP contribution in [0.2, 0.25) is 0 Å². The van der Waals surface area contributed by atoms with E-state index in [1.54, 1.807) is 0 Å². The third-order valence-corrected chi connectivity index (χ3v) is 1.48. The fraction of sp³-hybridized carbons (Fsp3) is 1.00. The summed E-state index contributed by atoms with van der Waals surface area (Å²) in [6.45, 7) is 0. The molecule has 1 fully saturated rings. The molecule has 0 amide bonds. The average Bonchev–Trinajstić information content (AvgIpc) is 1.63. The molecule has 0 bridgehead atoms. The van der Waals surface area contributed by atoms with Gasteiger partial charge in [0.05, 0.1) is 0 Å². The highest BCUT2D eigenvalue weighted by atomic mass is 31.0. The van der Waals surface area contributed by atoms with E-state index < -0.39 is 11.3 Å². The Morgan fingerprint density at radius 1 is 1.29 bits per heavy atom. The van der Waals surface area contributed by atoms with Crippen molar-refractivity contribution in [2.24, 2.45) is 17.2 Å². The molecular weight excluding hydrogens is 113 g/mol. The zero-order valence-corrected chi connectivity index (χ0v) is 4.87. The van der Waals surface area contributed by atoms with Crippen LogP contribution < -0.4 is 17.2 Å². The molecule has 1 rings (SSSR count). The number of rotatable bonds is 0. The molecule has 0 aromatic heterocycles. The zero-order valence-electron chi connectivity index (χ0n) is 3.72. The van der Waals surface area contributed by atoms with Gasteiger partial charge in [0.2, 0.25) is 5.85 Å². The van der Waals surface area contributed by atoms with Crippen LogP contribution in [-0.4, -0.2) is 11.3 Å². The molecule has 7 heavy (non-hydrogen) atoms. The second-order valence-corrected chi connectivity index (χ2v) is 2.55. The Bertz CT molecular complexity index is 89.1. The molecule has 1 heterocycles. The van der Waals surface area contributed by atoms with Crippen LogP contribution in [0.1, 0.15) is 0 Å². The SMILES string of the molecule is NC1(N)OC1(N)P. The van der Waals surface area contributed by atoms with E-state index in [1.165, 1.54) is 0 Å². The second kappa shape index (κ2) is 0.989. The summed E-state index contributed by atoms with van der Waals surface area (Å²) in [6.07, 6.45) is 0. The van der Waals surface area contributed by atoms with Crippen LogP contribution in [0.4, 0.5) is 0 Å². The maximum atomic E-state index is 5.23. The summed E-state index contributed by atoms with van der Waals surface area (Å²) in [7, 11) is 2.20. The standard InChI is InChI=1S/C2H8N3OP/c3-1(4)2(5,7)6-1/h3-5,7H2. The van der Waals surface area contributed by atoms with E-state index in [9.17, 15) is 0 Å². The van der Waals surface area contributed by atoms with E-state index in [2.05, 4.69) is 14.0 Å². The first-order valence-corrected chi connectivity index (χ1v) is 2.39. The van der Waals surface area contributed by atoms with Crippen LogP contribution >= 0.6 is 9.24 Å². The summed E-state index contributed by atoms with van der Waals surface area (Å²) in [6, 6.07) is 0. The van der Waals surface area contributed by atoms with Gasteiger partial charge in [-0.1, -0.05) is 9.24 Å². The van der Waals surface area contributed by atoms with Crippen molar-refractivity contribution in [3.8, 4) is 0 Å². The van der Waals surface area contributed by atoms with Crippen molar-refractivity contribution in [1.82, 2.24) is 0 Å². The summed E-state index contributed by atoms with van der Waals surface area (Å²) < 4.78 is 4.59. The fourth-order valence-electron chi connectivity index (χ4n) is 0.254. The van der Waals surface area contributed by atoms with Crippen molar-refractivity contribution in [3.63, 3.8) is 0 Å². The van der Waals surface area contributed by atoms with Crippen LogP contribution in [0.25, 0.3) is 0 Å². The number of hydrogen-bond donors (Lipinski definition) is 3. The number of nitrogens with two attached hydrogens (primary N) is 3. The van der Waals surface area contributed by atoms with Crippen molar-refractivity contribution < 1.29 is 4.74 Å². The number of ether oxygens (including phenoxy) is 1. The van der Waals surface area contributed by atoms with Gasteiger partial charge in [-0.3, -0.25) is 17.2 Å². The van der Waals surface area contributed by atoms with Gasteiger partial charge in [-0.2, -0.15) is 0 Å². The molecule has 1 saturated heterocycles. The van der Waals surface area contributed by atoms with Gasteiger partial charge >= 0.3 is 0 Å². The second-order valence-electron chi connectivity index (χ2n) is 1.69. The lowest BCUT2D eigenvalue weighted by atomic mass is 10.5. The molecule has 6 N–H and O–H groups in total. The van der Waals surface area contributed by atoms with Crippen molar-refractivity contribution >= 4 is 9.24 Å². The van der Waals surface area contributed by atoms with Crippen LogP contribution in [0.5, 0.6) is 0 Å². The third-order valence-electron chi connectivity index (χ3n) is 0.907. The Kier molecular flexibility index (Phi) is 0.764. The Labute approximate surface area is 43.6 Å². The lowest BCUT2D eigenvalue weighted by molar-refractivity contribution is 0.299. The van der Waals surface area contributed by atoms with E-state index in [4.69, 9.17) is 17.2 Å². The third kappa shape index (κ3) is 0.649. The molecule has 0 saturated carbocycles. The van der Waals surface area contributed by atoms with Gasteiger partial charge < -0.3 is 4.74 Å². The van der Waals surface area contributed by atoms with Crippen molar-refractivity contribution in [3.05, 3.63) is 0 Å². The van der Waals surface area contributed by atoms with Crippen LogP contribution in [0, 0.1) is 0 Å². The first kappa shape index (κ1) is 5.41. The summed E-state index contributed by atoms with van der Waals surface area (Å²) in [4.78, 5) is 0. The van der Waals surface area contributed by atoms with Crippen molar-refractivity contribution in [2.75, 3.05) is 0 Å². The van der Waals surface area contributed by atoms with E-state index in [-0.39, 0.29) is 0 Å². The summed E-state index contributed by atoms with van der Waals surface area (Å²) in [5.41, 5.74) is 14.7. The fourth-order valence-corrected chi connectivity index (χ4v) is 0.449. The lowest BCUT2D eigenvalue weighted by Crippen LogP contribution is -2.44. The largest absolute Gasteiger partial charge is 0.313 e. The van der Waals surface area contributed by atoms with Crippen LogP contribution in [0.3, 0.4) is 0 Å². The molecule has 5 heteroatoms. The molecule has 4 nitrogen and oxygen atoms in total. The maximum Gasteiger partial charge on any atom is 0.219 e. The van der Waals surface area contributed by atoms with Crippen molar-refractivity contribution in [1.29, 1.82) is 0 Å². The molecule has 0 aromatic rings. The molecule has 2 atom stereocenters. The monoisotopic (exact) mass is 121 g/mol. The highest BCUT2D eigenvalue weighted by Crippen LogP contribution is 2.39. The van der Waals surface area contributed by atoms with Gasteiger partial charge in [0, 0.05) is 0 Å². The Morgan fingerprint density at radius 2 is 1.43 bits per heavy atom. The predicted octanol–water partition coefficient (Wildman–Crippen LogP) is -1.92. The van der Waals surface area contributed by atoms with Crippen LogP contribution in [0.15, 0.2) is 0 Å². The predicted molar refractivity (Wildman–Crippen MR) is 28.8 cm³/mol. The molecule has 0 radical (unpaired) electrons. The summed E-state index contributed by atoms with van der Waals surface area (Å²) in [5, 5.41) is 0. The quantitative estimate of drug-likeness (QED) is 0.198. The minimum Gasteiger partial charge on any atom is -0.313 e. The van der Waals surface area contributed by atoms with Gasteiger partial charge in [0.1, 0.15) is 0 Å². The van der Waals surface area contributed by atoms with E-state index >= 15 is 0 Å². The first-order chi connectivity index (χ1) is 2.96. The number of hydrogen-bond acceptors (Lipinski definition) is 4. The Hall–Kier alpha value is 0.270. The summed E-state index contributed by atoms with van der Waals surface area (Å²) in [5.74, 6) is -1.11. The van der Waals surface area contributed by atoms with Crippen molar-refractivity contribution in [2.45, 2.75) is 11.3 Å². The van der Waals surface area contributed by atoms with Gasteiger partial charge in [-0.15, -0.1) is 0 Å². The molecular formula is C2H8N3OP. The maximum absolute atomic E-state index is 5.23. The summed E-state index contributed by atoms with van der Waals surface area (Å²) >= 11 is 0. The molecule has 0 spiro atoms. The highest BCUT2D eigenvalue weighted by molar-refractivity contribution is 7.19. The van der Waals surface area contributed by atoms with E-state index in [1.807, 2.05) is 0 Å². The minimum absolute atomic E-state index is 0.882. The topological polar surface area (TPSA) is 90.6 Å². The highest BCUT2D eigenvalue weighted by Gasteiger charge is 2.60. The van der Waals surface area contributed by atoms with Gasteiger partial charge in [-0.25, -0.2) is 0 Å². The molecule has 2 unspecified atom stereocenters. The molecule has 0 aliphatic carbocycles. The minimum atomic E-state index is -1.11. The van der Waals surface area contributed by atoms with Gasteiger partial charge in [0.25, 0.3) is 0 Å². The smallest absolute Gasteiger partial charge is 0.219 e. The van der Waals surface area contributed by atoms with E-state index in [0.717, 1.165) is 0 Å². The Balaban J connectivity index is 2.59. The first-order valence-electron chi connectivity index (χ1n) is 1.81. The van der Waals surface area contributed by atoms with E-state index in [0.29, 0.717) is 0 Å². The molecule has 1 aliphatic heterocycles. The van der Waals surface area contributed by atoms with Crippen LogP contribution in [-0.2, 0) is 4.74 Å². The normalized spacial score (nSPS) is 46.3. The Morgan fingerprint density at radius 3 is 1.43 bits per heavy atom. The average molecular weight is 121 g/mol. The lowest BCUT2D eigenvalue weighted by Gasteiger charge is -1.96. The number of epoxide rings is 1. The zero-order chi connectivity index (χ0) is 5.71. The molecule has 1 aliphatic rings. The molecule has 0 aromatic carbocycles. The van der Waals surface area contributed by atoms with Gasteiger partial charge in [-0.05, 0) is 0 Å². The van der Waals surface area contributed by atoms with Gasteiger partial charge in [0.15, 0.2) is 5.47 Å².